The van der Waals surface area contributed by atoms with E-state index in [-0.39, 0.29) is 12.8 Å². The summed E-state index contributed by atoms with van der Waals surface area (Å²) in [7, 11) is 0. The number of hydrogen-bond donors (Lipinski definition) is 7. The van der Waals surface area contributed by atoms with Gasteiger partial charge in [-0.2, -0.15) is 0 Å². The molecule has 0 aliphatic carbocycles. The monoisotopic (exact) mass is 430 g/mol. The summed E-state index contributed by atoms with van der Waals surface area (Å²) in [5.74, 6) is -6.03. The van der Waals surface area contributed by atoms with Crippen molar-refractivity contribution in [2.75, 3.05) is 13.1 Å². The maximum Gasteiger partial charge on any atom is 0.322 e. The Morgan fingerprint density at radius 1 is 0.833 bits per heavy atom. The molecule has 0 bridgehead atoms. The van der Waals surface area contributed by atoms with Crippen LogP contribution in [-0.4, -0.2) is 82.2 Å². The van der Waals surface area contributed by atoms with Crippen LogP contribution in [0.4, 0.5) is 0 Å². The van der Waals surface area contributed by atoms with Crippen molar-refractivity contribution in [2.24, 2.45) is 0 Å². The Kier molecular flexibility index (Phi) is 10.2. The fraction of sp³-hybridized carbons (Fsp3) is 0.647. The third-order valence-corrected chi connectivity index (χ3v) is 4.35. The Bertz CT molecular complexity index is 676. The van der Waals surface area contributed by atoms with Gasteiger partial charge in [0.15, 0.2) is 0 Å². The maximum atomic E-state index is 12.6. The third kappa shape index (κ3) is 9.32. The zero-order chi connectivity index (χ0) is 22.7. The number of carboxylic acid groups (broad SMARTS) is 3. The fourth-order valence-corrected chi connectivity index (χ4v) is 2.81. The summed E-state index contributed by atoms with van der Waals surface area (Å²) < 4.78 is 0. The largest absolute Gasteiger partial charge is 0.481 e. The maximum absolute atomic E-state index is 12.6. The molecule has 30 heavy (non-hydrogen) atoms. The minimum absolute atomic E-state index is 0.248. The van der Waals surface area contributed by atoms with E-state index in [4.69, 9.17) is 15.3 Å². The minimum Gasteiger partial charge on any atom is -0.481 e. The smallest absolute Gasteiger partial charge is 0.322 e. The first kappa shape index (κ1) is 24.8. The van der Waals surface area contributed by atoms with Crippen molar-refractivity contribution in [1.29, 1.82) is 0 Å². The molecule has 1 aliphatic rings. The van der Waals surface area contributed by atoms with Crippen LogP contribution < -0.4 is 21.3 Å². The second-order valence-electron chi connectivity index (χ2n) is 6.75. The molecule has 1 heterocycles. The summed E-state index contributed by atoms with van der Waals surface area (Å²) in [6.07, 6.45) is -0.160. The Balaban J connectivity index is 2.84. The van der Waals surface area contributed by atoms with Crippen LogP contribution in [0, 0.1) is 0 Å². The Labute approximate surface area is 171 Å². The predicted octanol–water partition coefficient (Wildman–Crippen LogP) is -2.36. The fourth-order valence-electron chi connectivity index (χ4n) is 2.81. The Morgan fingerprint density at radius 2 is 1.40 bits per heavy atom. The van der Waals surface area contributed by atoms with Crippen LogP contribution in [0.25, 0.3) is 0 Å². The van der Waals surface area contributed by atoms with Gasteiger partial charge in [-0.15, -0.1) is 0 Å². The molecule has 1 rings (SSSR count). The van der Waals surface area contributed by atoms with Gasteiger partial charge in [-0.1, -0.05) is 0 Å². The van der Waals surface area contributed by atoms with Gasteiger partial charge in [-0.25, -0.2) is 0 Å². The van der Waals surface area contributed by atoms with Crippen molar-refractivity contribution in [1.82, 2.24) is 21.3 Å². The van der Waals surface area contributed by atoms with Crippen molar-refractivity contribution in [3.63, 3.8) is 0 Å². The van der Waals surface area contributed by atoms with Crippen LogP contribution in [0.1, 0.15) is 38.5 Å². The van der Waals surface area contributed by atoms with E-state index in [9.17, 15) is 28.8 Å². The van der Waals surface area contributed by atoms with Crippen LogP contribution in [0.15, 0.2) is 0 Å². The van der Waals surface area contributed by atoms with Crippen molar-refractivity contribution in [3.8, 4) is 0 Å². The summed E-state index contributed by atoms with van der Waals surface area (Å²) >= 11 is 0. The van der Waals surface area contributed by atoms with Gasteiger partial charge in [0.25, 0.3) is 0 Å². The molecule has 3 atom stereocenters. The van der Waals surface area contributed by atoms with Gasteiger partial charge in [0.2, 0.25) is 17.7 Å². The van der Waals surface area contributed by atoms with Crippen LogP contribution in [-0.2, 0) is 28.8 Å². The van der Waals surface area contributed by atoms with Gasteiger partial charge in [0.05, 0.1) is 6.04 Å². The van der Waals surface area contributed by atoms with Gasteiger partial charge >= 0.3 is 17.9 Å². The molecule has 3 unspecified atom stereocenters. The van der Waals surface area contributed by atoms with E-state index in [1.807, 2.05) is 5.32 Å². The first-order valence-electron chi connectivity index (χ1n) is 9.37. The number of carbonyl (C=O) groups is 6. The zero-order valence-corrected chi connectivity index (χ0v) is 16.2. The highest BCUT2D eigenvalue weighted by atomic mass is 16.4. The van der Waals surface area contributed by atoms with Gasteiger partial charge in [0.1, 0.15) is 18.6 Å². The molecule has 0 radical (unpaired) electrons. The van der Waals surface area contributed by atoms with Crippen molar-refractivity contribution < 1.29 is 44.1 Å². The van der Waals surface area contributed by atoms with Crippen LogP contribution in [0.3, 0.4) is 0 Å². The molecule has 0 aromatic heterocycles. The van der Waals surface area contributed by atoms with E-state index >= 15 is 0 Å². The van der Waals surface area contributed by atoms with Crippen molar-refractivity contribution >= 4 is 35.6 Å². The highest BCUT2D eigenvalue weighted by molar-refractivity contribution is 5.94. The average molecular weight is 430 g/mol. The van der Waals surface area contributed by atoms with Crippen LogP contribution in [0.5, 0.6) is 0 Å². The summed E-state index contributed by atoms with van der Waals surface area (Å²) in [6, 6.07) is -3.16. The predicted molar refractivity (Wildman–Crippen MR) is 99.3 cm³/mol. The molecule has 7 N–H and O–H groups in total. The molecule has 168 valence electrons. The third-order valence-electron chi connectivity index (χ3n) is 4.35. The number of aliphatic carboxylic acids is 3. The lowest BCUT2D eigenvalue weighted by molar-refractivity contribution is -0.140. The summed E-state index contributed by atoms with van der Waals surface area (Å²) in [6.45, 7) is -0.101. The second kappa shape index (κ2) is 12.4. The lowest BCUT2D eigenvalue weighted by atomic mass is 10.1. The molecular weight excluding hydrogens is 404 g/mol. The second-order valence-corrected chi connectivity index (χ2v) is 6.75. The molecule has 13 heteroatoms. The van der Waals surface area contributed by atoms with E-state index in [1.165, 1.54) is 0 Å². The van der Waals surface area contributed by atoms with Crippen LogP contribution in [0.2, 0.25) is 0 Å². The summed E-state index contributed by atoms with van der Waals surface area (Å²) in [5, 5.41) is 36.1. The first-order chi connectivity index (χ1) is 14.1. The summed E-state index contributed by atoms with van der Waals surface area (Å²) in [5.41, 5.74) is 0. The zero-order valence-electron chi connectivity index (χ0n) is 16.2. The molecule has 1 fully saturated rings. The number of nitrogens with one attached hydrogen (secondary N) is 4. The quantitative estimate of drug-likeness (QED) is 0.165. The topological polar surface area (TPSA) is 211 Å². The number of carbonyl (C=O) groups excluding carboxylic acids is 3. The molecule has 1 saturated heterocycles. The standard InChI is InChI=1S/C17H26N4O9/c22-12(23)5-3-10(15(28)19-8-14(26)27)20-17(30)11(4-6-13(24)25)21-16(29)9-2-1-7-18-9/h9-11,18H,1-8H2,(H,19,28)(H,20,30)(H,21,29)(H,22,23)(H,24,25)(H,26,27). The number of amides is 3. The van der Waals surface area contributed by atoms with E-state index < -0.39 is 73.1 Å². The van der Waals surface area contributed by atoms with Crippen molar-refractivity contribution in [2.45, 2.75) is 56.7 Å². The Morgan fingerprint density at radius 3 is 1.87 bits per heavy atom. The molecule has 3 amide bonds. The SMILES string of the molecule is O=C(O)CCC(NC(=O)C(CCC(=O)O)NC(=O)C1CCCN1)C(=O)NCC(=O)O. The molecule has 0 aromatic rings. The molecule has 1 aliphatic heterocycles. The molecule has 0 saturated carbocycles. The van der Waals surface area contributed by atoms with Gasteiger partial charge in [-0.3, -0.25) is 28.8 Å². The molecule has 0 spiro atoms. The molecular formula is C17H26N4O9. The van der Waals surface area contributed by atoms with Gasteiger partial charge in [-0.05, 0) is 32.2 Å². The lowest BCUT2D eigenvalue weighted by Crippen LogP contribution is -2.56. The minimum atomic E-state index is -1.37. The van der Waals surface area contributed by atoms with E-state index in [2.05, 4.69) is 16.0 Å². The molecule has 0 aromatic carbocycles. The Hall–Kier alpha value is -3.22. The number of rotatable bonds is 13. The first-order valence-corrected chi connectivity index (χ1v) is 9.37. The van der Waals surface area contributed by atoms with E-state index in [0.29, 0.717) is 13.0 Å². The normalized spacial score (nSPS) is 17.4. The molecule has 13 nitrogen and oxygen atoms in total. The highest BCUT2D eigenvalue weighted by Crippen LogP contribution is 2.07. The average Bonchev–Trinajstić information content (AvgIpc) is 3.20. The summed E-state index contributed by atoms with van der Waals surface area (Å²) in [4.78, 5) is 69.4. The van der Waals surface area contributed by atoms with Gasteiger partial charge in [0, 0.05) is 12.8 Å². The van der Waals surface area contributed by atoms with Gasteiger partial charge < -0.3 is 36.6 Å². The number of carboxylic acids is 3. The number of hydrogen-bond acceptors (Lipinski definition) is 7. The van der Waals surface area contributed by atoms with Crippen LogP contribution >= 0.6 is 0 Å². The van der Waals surface area contributed by atoms with E-state index in [0.717, 1.165) is 6.42 Å². The van der Waals surface area contributed by atoms with E-state index in [1.54, 1.807) is 0 Å². The lowest BCUT2D eigenvalue weighted by Gasteiger charge is -2.23. The van der Waals surface area contributed by atoms with Crippen molar-refractivity contribution in [3.05, 3.63) is 0 Å². The highest BCUT2D eigenvalue weighted by Gasteiger charge is 2.30.